The summed E-state index contributed by atoms with van der Waals surface area (Å²) in [5.74, 6) is 0. The molecular weight excluding hydrogens is 240 g/mol. The lowest BCUT2D eigenvalue weighted by molar-refractivity contribution is -0.0230. The quantitative estimate of drug-likeness (QED) is 0.808. The van der Waals surface area contributed by atoms with Gasteiger partial charge in [0, 0.05) is 19.6 Å². The van der Waals surface area contributed by atoms with Gasteiger partial charge in [-0.25, -0.2) is 4.79 Å². The third-order valence-electron chi connectivity index (χ3n) is 4.75. The lowest BCUT2D eigenvalue weighted by Gasteiger charge is -2.40. The number of nitrogens with zero attached hydrogens (tertiary/aromatic N) is 1. The van der Waals surface area contributed by atoms with Gasteiger partial charge in [-0.05, 0) is 50.4 Å². The lowest BCUT2D eigenvalue weighted by Crippen LogP contribution is -2.50. The Kier molecular flexibility index (Phi) is 4.39. The number of urea groups is 1. The molecule has 19 heavy (non-hydrogen) atoms. The van der Waals surface area contributed by atoms with Gasteiger partial charge < -0.3 is 15.3 Å². The number of piperidine rings is 1. The minimum atomic E-state index is -0.693. The molecule has 2 fully saturated rings. The van der Waals surface area contributed by atoms with E-state index in [1.165, 1.54) is 6.42 Å². The number of hydrogen-bond acceptors (Lipinski definition) is 2. The highest BCUT2D eigenvalue weighted by Crippen LogP contribution is 2.39. The summed E-state index contributed by atoms with van der Waals surface area (Å²) in [5, 5.41) is 13.4. The summed E-state index contributed by atoms with van der Waals surface area (Å²) in [6.07, 6.45) is 7.08. The zero-order valence-electron chi connectivity index (χ0n) is 12.4. The predicted octanol–water partition coefficient (Wildman–Crippen LogP) is 2.51. The van der Waals surface area contributed by atoms with Crippen LogP contribution in [0, 0.1) is 5.41 Å². The molecule has 2 aliphatic rings. The Morgan fingerprint density at radius 2 is 1.68 bits per heavy atom. The molecule has 110 valence electrons. The van der Waals surface area contributed by atoms with Crippen LogP contribution in [0.5, 0.6) is 0 Å². The second-order valence-corrected chi connectivity index (χ2v) is 7.09. The third kappa shape index (κ3) is 4.10. The van der Waals surface area contributed by atoms with Gasteiger partial charge in [0.05, 0.1) is 5.60 Å². The molecule has 0 aromatic carbocycles. The van der Waals surface area contributed by atoms with Crippen LogP contribution in [0.25, 0.3) is 0 Å². The smallest absolute Gasteiger partial charge is 0.317 e. The van der Waals surface area contributed by atoms with E-state index in [0.29, 0.717) is 12.0 Å². The number of aliphatic hydroxyl groups is 1. The highest BCUT2D eigenvalue weighted by molar-refractivity contribution is 5.74. The van der Waals surface area contributed by atoms with Crippen molar-refractivity contribution >= 4 is 6.03 Å². The molecule has 0 radical (unpaired) electrons. The van der Waals surface area contributed by atoms with Gasteiger partial charge in [-0.2, -0.15) is 0 Å². The van der Waals surface area contributed by atoms with Gasteiger partial charge in [-0.1, -0.05) is 13.8 Å². The first kappa shape index (κ1) is 14.6. The summed E-state index contributed by atoms with van der Waals surface area (Å²) >= 11 is 0. The zero-order valence-corrected chi connectivity index (χ0v) is 12.4. The molecule has 0 spiro atoms. The van der Waals surface area contributed by atoms with Crippen molar-refractivity contribution < 1.29 is 9.90 Å². The molecule has 0 bridgehead atoms. The Morgan fingerprint density at radius 1 is 1.11 bits per heavy atom. The maximum atomic E-state index is 12.0. The number of nitrogens with one attached hydrogen (secondary N) is 1. The molecule has 2 N–H and O–H groups in total. The molecule has 1 heterocycles. The fraction of sp³-hybridized carbons (Fsp3) is 0.933. The van der Waals surface area contributed by atoms with E-state index in [4.69, 9.17) is 0 Å². The molecule has 0 aromatic heterocycles. The first-order valence-corrected chi connectivity index (χ1v) is 7.66. The Balaban J connectivity index is 1.76. The van der Waals surface area contributed by atoms with E-state index in [1.54, 1.807) is 0 Å². The fourth-order valence-corrected chi connectivity index (χ4v) is 3.02. The van der Waals surface area contributed by atoms with Gasteiger partial charge in [0.2, 0.25) is 0 Å². The molecule has 4 heteroatoms. The number of hydrogen-bond donors (Lipinski definition) is 2. The molecular formula is C15H28N2O2. The summed E-state index contributed by atoms with van der Waals surface area (Å²) in [6, 6.07) is -0.00189. The van der Waals surface area contributed by atoms with Gasteiger partial charge >= 0.3 is 6.03 Å². The average Bonchev–Trinajstić information content (AvgIpc) is 2.41. The Hall–Kier alpha value is -0.770. The summed E-state index contributed by atoms with van der Waals surface area (Å²) in [6.45, 7) is 6.62. The monoisotopic (exact) mass is 268 g/mol. The van der Waals surface area contributed by atoms with E-state index in [9.17, 15) is 9.90 Å². The van der Waals surface area contributed by atoms with Crippen molar-refractivity contribution in [2.24, 2.45) is 5.41 Å². The van der Waals surface area contributed by atoms with Crippen molar-refractivity contribution in [3.05, 3.63) is 0 Å². The molecule has 4 nitrogen and oxygen atoms in total. The average molecular weight is 268 g/mol. The van der Waals surface area contributed by atoms with E-state index >= 15 is 0 Å². The van der Waals surface area contributed by atoms with Gasteiger partial charge in [-0.3, -0.25) is 0 Å². The number of carbonyl (C=O) groups excluding carboxylic acids is 1. The molecule has 1 aliphatic heterocycles. The van der Waals surface area contributed by atoms with Gasteiger partial charge in [0.25, 0.3) is 0 Å². The fourth-order valence-electron chi connectivity index (χ4n) is 3.02. The third-order valence-corrected chi connectivity index (χ3v) is 4.75. The van der Waals surface area contributed by atoms with Crippen molar-refractivity contribution in [1.82, 2.24) is 10.2 Å². The maximum Gasteiger partial charge on any atom is 0.317 e. The van der Waals surface area contributed by atoms with Gasteiger partial charge in [0.1, 0.15) is 0 Å². The summed E-state index contributed by atoms with van der Waals surface area (Å²) < 4.78 is 0. The molecule has 2 rings (SSSR count). The standard InChI is InChI=1S/C15H28N2O2/c1-14(2)6-8-15(19,9-7-14)12-16-13(18)17-10-4-3-5-11-17/h19H,3-12H2,1-2H3,(H,16,18). The zero-order chi connectivity index (χ0) is 13.9. The number of carbonyl (C=O) groups is 1. The number of likely N-dealkylation sites (tertiary alicyclic amines) is 1. The van der Waals surface area contributed by atoms with E-state index in [-0.39, 0.29) is 6.03 Å². The number of amides is 2. The van der Waals surface area contributed by atoms with Gasteiger partial charge in [-0.15, -0.1) is 0 Å². The molecule has 0 atom stereocenters. The van der Waals surface area contributed by atoms with Crippen LogP contribution in [0.4, 0.5) is 4.79 Å². The second kappa shape index (κ2) is 5.70. The molecule has 1 saturated heterocycles. The van der Waals surface area contributed by atoms with Crippen molar-refractivity contribution in [2.75, 3.05) is 19.6 Å². The Labute approximate surface area is 116 Å². The molecule has 1 aliphatic carbocycles. The van der Waals surface area contributed by atoms with Crippen LogP contribution in [0.15, 0.2) is 0 Å². The topological polar surface area (TPSA) is 52.6 Å². The van der Waals surface area contributed by atoms with Crippen molar-refractivity contribution in [2.45, 2.75) is 64.4 Å². The van der Waals surface area contributed by atoms with Crippen LogP contribution in [0.2, 0.25) is 0 Å². The highest BCUT2D eigenvalue weighted by Gasteiger charge is 2.37. The molecule has 0 unspecified atom stereocenters. The van der Waals surface area contributed by atoms with Crippen LogP contribution in [0.1, 0.15) is 58.8 Å². The maximum absolute atomic E-state index is 12.0. The minimum Gasteiger partial charge on any atom is -0.388 e. The highest BCUT2D eigenvalue weighted by atomic mass is 16.3. The van der Waals surface area contributed by atoms with E-state index in [2.05, 4.69) is 19.2 Å². The normalized spacial score (nSPS) is 25.9. The SMILES string of the molecule is CC1(C)CCC(O)(CNC(=O)N2CCCCC2)CC1. The van der Waals surface area contributed by atoms with Crippen LogP contribution < -0.4 is 5.32 Å². The van der Waals surface area contributed by atoms with Gasteiger partial charge in [0.15, 0.2) is 0 Å². The minimum absolute atomic E-state index is 0.00189. The van der Waals surface area contributed by atoms with E-state index in [0.717, 1.165) is 51.6 Å². The molecule has 0 aromatic rings. The Bertz CT molecular complexity index is 312. The van der Waals surface area contributed by atoms with Crippen molar-refractivity contribution in [3.8, 4) is 0 Å². The van der Waals surface area contributed by atoms with E-state index in [1.807, 2.05) is 4.90 Å². The first-order chi connectivity index (χ1) is 8.90. The Morgan fingerprint density at radius 3 is 2.26 bits per heavy atom. The summed E-state index contributed by atoms with van der Waals surface area (Å²) in [7, 11) is 0. The van der Waals surface area contributed by atoms with Crippen molar-refractivity contribution in [3.63, 3.8) is 0 Å². The first-order valence-electron chi connectivity index (χ1n) is 7.66. The summed E-state index contributed by atoms with van der Waals surface area (Å²) in [5.41, 5.74) is -0.357. The van der Waals surface area contributed by atoms with Crippen LogP contribution in [0.3, 0.4) is 0 Å². The number of rotatable bonds is 2. The van der Waals surface area contributed by atoms with Crippen molar-refractivity contribution in [1.29, 1.82) is 0 Å². The lowest BCUT2D eigenvalue weighted by atomic mass is 9.71. The molecule has 2 amide bonds. The van der Waals surface area contributed by atoms with Crippen LogP contribution in [-0.4, -0.2) is 41.3 Å². The largest absolute Gasteiger partial charge is 0.388 e. The molecule has 1 saturated carbocycles. The van der Waals surface area contributed by atoms with Crippen LogP contribution >= 0.6 is 0 Å². The van der Waals surface area contributed by atoms with E-state index < -0.39 is 5.60 Å². The second-order valence-electron chi connectivity index (χ2n) is 7.09. The predicted molar refractivity (Wildman–Crippen MR) is 76.0 cm³/mol. The van der Waals surface area contributed by atoms with Crippen LogP contribution in [-0.2, 0) is 0 Å². The summed E-state index contributed by atoms with van der Waals surface area (Å²) in [4.78, 5) is 13.9.